The van der Waals surface area contributed by atoms with E-state index in [9.17, 15) is 14.0 Å². The summed E-state index contributed by atoms with van der Waals surface area (Å²) in [5.41, 5.74) is 1.82. The molecule has 0 aliphatic carbocycles. The van der Waals surface area contributed by atoms with Crippen LogP contribution in [0, 0.1) is 5.82 Å². The molecule has 7 nitrogen and oxygen atoms in total. The number of carbonyl (C=O) groups excluding carboxylic acids is 2. The van der Waals surface area contributed by atoms with Crippen LogP contribution >= 0.6 is 0 Å². The topological polar surface area (TPSA) is 79.3 Å². The fraction of sp³-hybridized carbons (Fsp3) is 0.421. The van der Waals surface area contributed by atoms with Crippen molar-refractivity contribution in [3.05, 3.63) is 53.6 Å². The molecule has 0 spiro atoms. The van der Waals surface area contributed by atoms with Crippen LogP contribution in [0.5, 0.6) is 0 Å². The summed E-state index contributed by atoms with van der Waals surface area (Å²) in [4.78, 5) is 26.6. The van der Waals surface area contributed by atoms with Crippen molar-refractivity contribution in [1.29, 1.82) is 0 Å². The van der Waals surface area contributed by atoms with Gasteiger partial charge in [0, 0.05) is 44.5 Å². The Morgan fingerprint density at radius 3 is 2.81 bits per heavy atom. The van der Waals surface area contributed by atoms with Crippen LogP contribution in [0.4, 0.5) is 4.39 Å². The Labute approximate surface area is 157 Å². The molecule has 144 valence electrons. The highest BCUT2D eigenvalue weighted by Gasteiger charge is 2.31. The number of hydrogen-bond acceptors (Lipinski definition) is 4. The summed E-state index contributed by atoms with van der Waals surface area (Å²) in [5.74, 6) is -0.639. The van der Waals surface area contributed by atoms with E-state index in [1.165, 1.54) is 12.1 Å². The van der Waals surface area contributed by atoms with Crippen molar-refractivity contribution in [3.8, 4) is 0 Å². The van der Waals surface area contributed by atoms with Gasteiger partial charge in [-0.05, 0) is 24.6 Å². The highest BCUT2D eigenvalue weighted by atomic mass is 19.1. The minimum atomic E-state index is -0.540. The van der Waals surface area contributed by atoms with Crippen LogP contribution in [0.15, 0.2) is 36.7 Å². The number of rotatable bonds is 7. The number of amides is 2. The van der Waals surface area contributed by atoms with Crippen molar-refractivity contribution in [3.63, 3.8) is 0 Å². The number of nitrogens with one attached hydrogen (secondary N) is 2. The van der Waals surface area contributed by atoms with Gasteiger partial charge in [0.1, 0.15) is 5.82 Å². The van der Waals surface area contributed by atoms with Gasteiger partial charge in [-0.1, -0.05) is 12.1 Å². The minimum absolute atomic E-state index is 0.0783. The molecule has 0 bridgehead atoms. The van der Waals surface area contributed by atoms with Gasteiger partial charge in [0.2, 0.25) is 11.8 Å². The van der Waals surface area contributed by atoms with E-state index in [2.05, 4.69) is 15.7 Å². The zero-order valence-corrected chi connectivity index (χ0v) is 15.3. The lowest BCUT2D eigenvalue weighted by Gasteiger charge is -2.34. The van der Waals surface area contributed by atoms with Crippen LogP contribution in [-0.2, 0) is 29.2 Å². The first-order valence-electron chi connectivity index (χ1n) is 9.09. The first-order chi connectivity index (χ1) is 13.0. The number of benzene rings is 1. The molecule has 1 atom stereocenters. The third kappa shape index (κ3) is 5.13. The maximum atomic E-state index is 13.1. The Morgan fingerprint density at radius 1 is 1.33 bits per heavy atom. The predicted octanol–water partition coefficient (Wildman–Crippen LogP) is 1.05. The second-order valence-electron chi connectivity index (χ2n) is 6.59. The molecule has 1 aromatic heterocycles. The Bertz CT molecular complexity index is 790. The predicted molar refractivity (Wildman–Crippen MR) is 98.0 cm³/mol. The molecule has 0 saturated carbocycles. The van der Waals surface area contributed by atoms with Crippen molar-refractivity contribution in [1.82, 2.24) is 25.3 Å². The Kier molecular flexibility index (Phi) is 6.18. The lowest BCUT2D eigenvalue weighted by molar-refractivity contribution is -0.134. The van der Waals surface area contributed by atoms with Gasteiger partial charge >= 0.3 is 0 Å². The summed E-state index contributed by atoms with van der Waals surface area (Å²) < 4.78 is 14.9. The maximum absolute atomic E-state index is 13.1. The van der Waals surface area contributed by atoms with Crippen LogP contribution in [-0.4, -0.2) is 45.6 Å². The molecular weight excluding hydrogens is 349 g/mol. The summed E-state index contributed by atoms with van der Waals surface area (Å²) in [6.07, 6.45) is 3.68. The first kappa shape index (κ1) is 19.0. The number of aromatic nitrogens is 2. The normalized spacial score (nSPS) is 17.6. The van der Waals surface area contributed by atoms with Gasteiger partial charge in [0.05, 0.1) is 18.7 Å². The average Bonchev–Trinajstić information content (AvgIpc) is 3.13. The fourth-order valence-electron chi connectivity index (χ4n) is 3.12. The van der Waals surface area contributed by atoms with E-state index in [0.29, 0.717) is 26.2 Å². The van der Waals surface area contributed by atoms with Gasteiger partial charge in [0.25, 0.3) is 0 Å². The number of piperazine rings is 1. The van der Waals surface area contributed by atoms with Crippen molar-refractivity contribution in [2.75, 3.05) is 13.1 Å². The molecule has 27 heavy (non-hydrogen) atoms. The number of hydrogen-bond donors (Lipinski definition) is 2. The highest BCUT2D eigenvalue weighted by molar-refractivity contribution is 5.88. The molecule has 3 rings (SSSR count). The van der Waals surface area contributed by atoms with Crippen LogP contribution in [0.2, 0.25) is 0 Å². The molecular formula is C19H24FN5O2. The number of aryl methyl sites for hydroxylation is 1. The zero-order valence-electron chi connectivity index (χ0n) is 15.3. The SMILES string of the molecule is CCn1cc(CNC(=O)CC2C(=O)NCCN2Cc2ccc(F)cc2)cn1. The summed E-state index contributed by atoms with van der Waals surface area (Å²) >= 11 is 0. The molecule has 8 heteroatoms. The van der Waals surface area contributed by atoms with Crippen molar-refractivity contribution in [2.24, 2.45) is 0 Å². The molecule has 1 fully saturated rings. The standard InChI is InChI=1S/C19H24FN5O2/c1-2-25-13-15(11-23-25)10-22-18(26)9-17-19(27)21-7-8-24(17)12-14-3-5-16(20)6-4-14/h3-6,11,13,17H,2,7-10,12H2,1H3,(H,21,27)(H,22,26). The van der Waals surface area contributed by atoms with E-state index in [1.807, 2.05) is 18.0 Å². The minimum Gasteiger partial charge on any atom is -0.353 e. The molecule has 2 aromatic rings. The average molecular weight is 373 g/mol. The summed E-state index contributed by atoms with van der Waals surface area (Å²) in [7, 11) is 0. The third-order valence-corrected chi connectivity index (χ3v) is 4.62. The van der Waals surface area contributed by atoms with E-state index in [1.54, 1.807) is 23.0 Å². The monoisotopic (exact) mass is 373 g/mol. The van der Waals surface area contributed by atoms with Gasteiger partial charge in [-0.25, -0.2) is 4.39 Å². The largest absolute Gasteiger partial charge is 0.353 e. The second-order valence-corrected chi connectivity index (χ2v) is 6.59. The van der Waals surface area contributed by atoms with Gasteiger partial charge in [-0.3, -0.25) is 19.2 Å². The van der Waals surface area contributed by atoms with Gasteiger partial charge in [0.15, 0.2) is 0 Å². The van der Waals surface area contributed by atoms with E-state index < -0.39 is 6.04 Å². The zero-order chi connectivity index (χ0) is 19.2. The number of halogens is 1. The van der Waals surface area contributed by atoms with Crippen molar-refractivity contribution in [2.45, 2.75) is 39.0 Å². The van der Waals surface area contributed by atoms with E-state index in [0.717, 1.165) is 17.7 Å². The molecule has 0 radical (unpaired) electrons. The van der Waals surface area contributed by atoms with Crippen LogP contribution in [0.25, 0.3) is 0 Å². The highest BCUT2D eigenvalue weighted by Crippen LogP contribution is 2.14. The molecule has 1 unspecified atom stereocenters. The Balaban J connectivity index is 1.58. The quantitative estimate of drug-likeness (QED) is 0.760. The third-order valence-electron chi connectivity index (χ3n) is 4.62. The van der Waals surface area contributed by atoms with E-state index in [-0.39, 0.29) is 24.1 Å². The summed E-state index contributed by atoms with van der Waals surface area (Å²) in [5, 5.41) is 9.83. The summed E-state index contributed by atoms with van der Waals surface area (Å²) in [6, 6.07) is 5.66. The maximum Gasteiger partial charge on any atom is 0.237 e. The molecule has 2 amide bonds. The lowest BCUT2D eigenvalue weighted by atomic mass is 10.1. The van der Waals surface area contributed by atoms with Gasteiger partial charge in [-0.2, -0.15) is 5.10 Å². The molecule has 1 aliphatic heterocycles. The first-order valence-corrected chi connectivity index (χ1v) is 9.09. The van der Waals surface area contributed by atoms with E-state index in [4.69, 9.17) is 0 Å². The molecule has 1 aromatic carbocycles. The summed E-state index contributed by atoms with van der Waals surface area (Å²) in [6.45, 7) is 4.82. The number of carbonyl (C=O) groups is 2. The van der Waals surface area contributed by atoms with Crippen LogP contribution in [0.3, 0.4) is 0 Å². The molecule has 2 N–H and O–H groups in total. The van der Waals surface area contributed by atoms with Crippen molar-refractivity contribution < 1.29 is 14.0 Å². The van der Waals surface area contributed by atoms with Crippen molar-refractivity contribution >= 4 is 11.8 Å². The Hall–Kier alpha value is -2.74. The van der Waals surface area contributed by atoms with Crippen LogP contribution in [0.1, 0.15) is 24.5 Å². The molecule has 1 saturated heterocycles. The van der Waals surface area contributed by atoms with Gasteiger partial charge in [-0.15, -0.1) is 0 Å². The molecule has 1 aliphatic rings. The molecule has 2 heterocycles. The van der Waals surface area contributed by atoms with Crippen LogP contribution < -0.4 is 10.6 Å². The Morgan fingerprint density at radius 2 is 2.11 bits per heavy atom. The fourth-order valence-corrected chi connectivity index (χ4v) is 3.12. The number of nitrogens with zero attached hydrogens (tertiary/aromatic N) is 3. The van der Waals surface area contributed by atoms with E-state index >= 15 is 0 Å². The lowest BCUT2D eigenvalue weighted by Crippen LogP contribution is -2.56. The second kappa shape index (κ2) is 8.77. The van der Waals surface area contributed by atoms with Gasteiger partial charge < -0.3 is 10.6 Å². The smallest absolute Gasteiger partial charge is 0.237 e.